The molecule has 0 spiro atoms. The van der Waals surface area contributed by atoms with Crippen LogP contribution in [0.1, 0.15) is 19.5 Å². The Morgan fingerprint density at radius 1 is 1.44 bits per heavy atom. The van der Waals surface area contributed by atoms with Gasteiger partial charge in [-0.05, 0) is 31.0 Å². The molecule has 0 atom stereocenters. The number of pyridine rings is 1. The van der Waals surface area contributed by atoms with Crippen LogP contribution in [-0.4, -0.2) is 37.1 Å². The van der Waals surface area contributed by atoms with E-state index in [9.17, 15) is 0 Å². The number of methoxy groups -OCH3 is 1. The fourth-order valence-electron chi connectivity index (χ4n) is 1.83. The van der Waals surface area contributed by atoms with Crippen LogP contribution in [-0.2, 0) is 0 Å². The summed E-state index contributed by atoms with van der Waals surface area (Å²) in [6.07, 6.45) is 1.68. The molecule has 0 amide bonds. The van der Waals surface area contributed by atoms with Crippen LogP contribution in [0, 0.1) is 11.8 Å². The lowest BCUT2D eigenvalue weighted by molar-refractivity contribution is 0.0967. The monoisotopic (exact) mass is 248 g/mol. The Morgan fingerprint density at radius 3 is 2.50 bits per heavy atom. The molecule has 0 bridgehead atoms. The molecule has 0 unspecified atom stereocenters. The summed E-state index contributed by atoms with van der Waals surface area (Å²) in [5, 5.41) is 0. The van der Waals surface area contributed by atoms with Gasteiger partial charge in [-0.3, -0.25) is 0 Å². The van der Waals surface area contributed by atoms with Gasteiger partial charge in [0.25, 0.3) is 0 Å². The van der Waals surface area contributed by atoms with Gasteiger partial charge >= 0.3 is 0 Å². The Kier molecular flexibility index (Phi) is 5.86. The number of ether oxygens (including phenoxy) is 1. The summed E-state index contributed by atoms with van der Waals surface area (Å²) in [4.78, 5) is 6.44. The zero-order valence-electron chi connectivity index (χ0n) is 11.9. The molecule has 1 fully saturated rings. The molecule has 0 aromatic carbocycles. The molecule has 0 radical (unpaired) electrons. The van der Waals surface area contributed by atoms with Crippen LogP contribution in [0.25, 0.3) is 6.08 Å². The van der Waals surface area contributed by atoms with Crippen LogP contribution >= 0.6 is 0 Å². The van der Waals surface area contributed by atoms with Gasteiger partial charge in [0.1, 0.15) is 0 Å². The van der Waals surface area contributed by atoms with Gasteiger partial charge in [0, 0.05) is 19.2 Å². The molecule has 1 aromatic rings. The SMILES string of the molecule is C=Cc1cccc(OC)n1.CC(C)C1CN(C)C1. The molecule has 1 aromatic heterocycles. The van der Waals surface area contributed by atoms with Crippen LogP contribution in [0.5, 0.6) is 5.88 Å². The molecule has 18 heavy (non-hydrogen) atoms. The molecule has 3 heteroatoms. The highest BCUT2D eigenvalue weighted by Gasteiger charge is 2.25. The van der Waals surface area contributed by atoms with Gasteiger partial charge in [-0.2, -0.15) is 0 Å². The maximum atomic E-state index is 4.90. The van der Waals surface area contributed by atoms with Gasteiger partial charge in [0.15, 0.2) is 0 Å². The van der Waals surface area contributed by atoms with E-state index in [1.165, 1.54) is 13.1 Å². The molecule has 1 saturated heterocycles. The van der Waals surface area contributed by atoms with Crippen molar-refractivity contribution in [3.05, 3.63) is 30.5 Å². The Labute approximate surface area is 110 Å². The zero-order valence-corrected chi connectivity index (χ0v) is 11.9. The van der Waals surface area contributed by atoms with Crippen LogP contribution in [0.2, 0.25) is 0 Å². The topological polar surface area (TPSA) is 25.4 Å². The van der Waals surface area contributed by atoms with E-state index < -0.39 is 0 Å². The minimum atomic E-state index is 0.623. The molecule has 1 aliphatic rings. The van der Waals surface area contributed by atoms with E-state index in [0.717, 1.165) is 17.5 Å². The lowest BCUT2D eigenvalue weighted by Crippen LogP contribution is -2.46. The highest BCUT2D eigenvalue weighted by Crippen LogP contribution is 2.20. The second kappa shape index (κ2) is 7.17. The number of likely N-dealkylation sites (tertiary alicyclic amines) is 1. The van der Waals surface area contributed by atoms with E-state index in [0.29, 0.717) is 5.88 Å². The molecule has 0 aliphatic carbocycles. The minimum Gasteiger partial charge on any atom is -0.481 e. The number of nitrogens with zero attached hydrogens (tertiary/aromatic N) is 2. The first-order chi connectivity index (χ1) is 8.56. The molecule has 0 N–H and O–H groups in total. The Morgan fingerprint density at radius 2 is 2.11 bits per heavy atom. The number of rotatable bonds is 3. The van der Waals surface area contributed by atoms with E-state index in [1.54, 1.807) is 19.3 Å². The Hall–Kier alpha value is -1.35. The van der Waals surface area contributed by atoms with Crippen molar-refractivity contribution in [3.63, 3.8) is 0 Å². The highest BCUT2D eigenvalue weighted by molar-refractivity contribution is 5.42. The minimum absolute atomic E-state index is 0.623. The first-order valence-corrected chi connectivity index (χ1v) is 6.38. The van der Waals surface area contributed by atoms with E-state index in [-0.39, 0.29) is 0 Å². The number of hydrogen-bond acceptors (Lipinski definition) is 3. The third-order valence-electron chi connectivity index (χ3n) is 3.20. The molecule has 2 rings (SSSR count). The van der Waals surface area contributed by atoms with Gasteiger partial charge in [-0.15, -0.1) is 0 Å². The summed E-state index contributed by atoms with van der Waals surface area (Å²) in [7, 11) is 3.77. The third-order valence-corrected chi connectivity index (χ3v) is 3.20. The first-order valence-electron chi connectivity index (χ1n) is 6.38. The Bertz CT molecular complexity index is 371. The molecular weight excluding hydrogens is 224 g/mol. The summed E-state index contributed by atoms with van der Waals surface area (Å²) in [6, 6.07) is 5.55. The van der Waals surface area contributed by atoms with E-state index in [2.05, 4.69) is 37.4 Å². The molecule has 3 nitrogen and oxygen atoms in total. The lowest BCUT2D eigenvalue weighted by Gasteiger charge is -2.38. The zero-order chi connectivity index (χ0) is 13.5. The summed E-state index contributed by atoms with van der Waals surface area (Å²) in [5.41, 5.74) is 0.833. The number of aromatic nitrogens is 1. The quantitative estimate of drug-likeness (QED) is 0.822. The summed E-state index contributed by atoms with van der Waals surface area (Å²) < 4.78 is 4.90. The van der Waals surface area contributed by atoms with E-state index in [1.807, 2.05) is 12.1 Å². The summed E-state index contributed by atoms with van der Waals surface area (Å²) >= 11 is 0. The normalized spacial score (nSPS) is 15.6. The van der Waals surface area contributed by atoms with Crippen LogP contribution < -0.4 is 4.74 Å². The van der Waals surface area contributed by atoms with Gasteiger partial charge in [-0.25, -0.2) is 4.98 Å². The van der Waals surface area contributed by atoms with Gasteiger partial charge < -0.3 is 9.64 Å². The first kappa shape index (κ1) is 14.7. The van der Waals surface area contributed by atoms with Crippen molar-refractivity contribution in [1.29, 1.82) is 0 Å². The third kappa shape index (κ3) is 4.49. The van der Waals surface area contributed by atoms with Crippen LogP contribution in [0.3, 0.4) is 0 Å². The fourth-order valence-corrected chi connectivity index (χ4v) is 1.83. The van der Waals surface area contributed by atoms with Gasteiger partial charge in [0.05, 0.1) is 12.8 Å². The van der Waals surface area contributed by atoms with Crippen molar-refractivity contribution in [2.45, 2.75) is 13.8 Å². The van der Waals surface area contributed by atoms with Gasteiger partial charge in [-0.1, -0.05) is 26.5 Å². The standard InChI is InChI=1S/C8H9NO.C7H15N/c1-3-7-5-4-6-8(9-7)10-2;1-6(2)7-4-8(3)5-7/h3-6H,1H2,2H3;6-7H,4-5H2,1-3H3. The summed E-state index contributed by atoms with van der Waals surface area (Å²) in [6.45, 7) is 10.8. The van der Waals surface area contributed by atoms with E-state index >= 15 is 0 Å². The average molecular weight is 248 g/mol. The molecule has 100 valence electrons. The van der Waals surface area contributed by atoms with Gasteiger partial charge in [0.2, 0.25) is 5.88 Å². The smallest absolute Gasteiger partial charge is 0.213 e. The molecule has 2 heterocycles. The van der Waals surface area contributed by atoms with Crippen LogP contribution in [0.4, 0.5) is 0 Å². The number of hydrogen-bond donors (Lipinski definition) is 0. The second-order valence-corrected chi connectivity index (χ2v) is 5.03. The second-order valence-electron chi connectivity index (χ2n) is 5.03. The van der Waals surface area contributed by atoms with E-state index in [4.69, 9.17) is 4.74 Å². The lowest BCUT2D eigenvalue weighted by atomic mass is 9.89. The molecule has 0 saturated carbocycles. The van der Waals surface area contributed by atoms with Crippen molar-refractivity contribution in [2.24, 2.45) is 11.8 Å². The maximum absolute atomic E-state index is 4.90. The van der Waals surface area contributed by atoms with Crippen molar-refractivity contribution >= 4 is 6.08 Å². The van der Waals surface area contributed by atoms with Crippen molar-refractivity contribution in [2.75, 3.05) is 27.2 Å². The predicted octanol–water partition coefficient (Wildman–Crippen LogP) is 2.94. The summed E-state index contributed by atoms with van der Waals surface area (Å²) in [5.74, 6) is 2.50. The molecule has 1 aliphatic heterocycles. The molecular formula is C15H24N2O. The van der Waals surface area contributed by atoms with Crippen molar-refractivity contribution in [1.82, 2.24) is 9.88 Å². The van der Waals surface area contributed by atoms with Crippen molar-refractivity contribution < 1.29 is 4.74 Å². The highest BCUT2D eigenvalue weighted by atomic mass is 16.5. The van der Waals surface area contributed by atoms with Crippen molar-refractivity contribution in [3.8, 4) is 5.88 Å². The Balaban J connectivity index is 0.000000184. The van der Waals surface area contributed by atoms with Crippen LogP contribution in [0.15, 0.2) is 24.8 Å². The maximum Gasteiger partial charge on any atom is 0.213 e. The predicted molar refractivity (Wildman–Crippen MR) is 76.7 cm³/mol. The largest absolute Gasteiger partial charge is 0.481 e. The average Bonchev–Trinajstić information content (AvgIpc) is 2.35. The fraction of sp³-hybridized carbons (Fsp3) is 0.533.